The lowest BCUT2D eigenvalue weighted by Gasteiger charge is -2.28. The summed E-state index contributed by atoms with van der Waals surface area (Å²) in [6, 6.07) is 18.1. The first-order valence-corrected chi connectivity index (χ1v) is 9.34. The van der Waals surface area contributed by atoms with E-state index in [0.29, 0.717) is 18.0 Å². The van der Waals surface area contributed by atoms with Crippen LogP contribution in [0.2, 0.25) is 0 Å². The molecule has 0 saturated carbocycles. The van der Waals surface area contributed by atoms with Gasteiger partial charge in [0.25, 0.3) is 0 Å². The number of para-hydroxylation sites is 1. The van der Waals surface area contributed by atoms with Crippen LogP contribution in [0.5, 0.6) is 0 Å². The maximum atomic E-state index is 10.7. The van der Waals surface area contributed by atoms with Gasteiger partial charge >= 0.3 is 0 Å². The molecule has 1 aromatic heterocycles. The lowest BCUT2D eigenvalue weighted by molar-refractivity contribution is -0.108. The fourth-order valence-electron chi connectivity index (χ4n) is 3.09. The van der Waals surface area contributed by atoms with Crippen LogP contribution in [0.3, 0.4) is 0 Å². The topological polar surface area (TPSA) is 80.4 Å². The third-order valence-corrected chi connectivity index (χ3v) is 5.12. The van der Waals surface area contributed by atoms with Crippen molar-refractivity contribution in [3.63, 3.8) is 0 Å². The molecule has 3 rings (SSSR count). The molecule has 5 heteroatoms. The number of carbonyl (C=O) groups excluding carboxylic acids is 1. The van der Waals surface area contributed by atoms with Gasteiger partial charge in [0.05, 0.1) is 16.9 Å². The molecule has 1 heterocycles. The van der Waals surface area contributed by atoms with Crippen molar-refractivity contribution in [1.29, 1.82) is 0 Å². The molecule has 0 fully saturated rings. The SMILES string of the molecule is CC(c1cccc(-c2cc(N=C(N)NC=O)c3ccccc3n2)c1)C(C)(C)C. The van der Waals surface area contributed by atoms with Crippen LogP contribution >= 0.6 is 0 Å². The van der Waals surface area contributed by atoms with E-state index < -0.39 is 0 Å². The van der Waals surface area contributed by atoms with Gasteiger partial charge in [-0.1, -0.05) is 64.1 Å². The molecule has 0 bridgehead atoms. The van der Waals surface area contributed by atoms with Gasteiger partial charge in [-0.2, -0.15) is 0 Å². The van der Waals surface area contributed by atoms with Crippen molar-refractivity contribution in [1.82, 2.24) is 10.3 Å². The summed E-state index contributed by atoms with van der Waals surface area (Å²) in [4.78, 5) is 19.8. The van der Waals surface area contributed by atoms with E-state index in [0.717, 1.165) is 22.2 Å². The first kappa shape index (κ1) is 19.5. The average Bonchev–Trinajstić information content (AvgIpc) is 2.67. The Morgan fingerprint density at radius 1 is 1.14 bits per heavy atom. The van der Waals surface area contributed by atoms with Gasteiger partial charge in [0.1, 0.15) is 0 Å². The molecule has 1 atom stereocenters. The Balaban J connectivity index is 2.14. The molecule has 1 unspecified atom stereocenters. The van der Waals surface area contributed by atoms with Crippen molar-refractivity contribution in [2.45, 2.75) is 33.6 Å². The van der Waals surface area contributed by atoms with Gasteiger partial charge < -0.3 is 5.73 Å². The van der Waals surface area contributed by atoms with Gasteiger partial charge in [0, 0.05) is 10.9 Å². The zero-order valence-electron chi connectivity index (χ0n) is 16.7. The molecular formula is C23H26N4O. The molecule has 2 aromatic carbocycles. The van der Waals surface area contributed by atoms with Crippen molar-refractivity contribution in [2.24, 2.45) is 16.1 Å². The Labute approximate surface area is 165 Å². The first-order chi connectivity index (χ1) is 13.3. The van der Waals surface area contributed by atoms with Gasteiger partial charge in [-0.05, 0) is 35.1 Å². The van der Waals surface area contributed by atoms with E-state index in [2.05, 4.69) is 62.3 Å². The monoisotopic (exact) mass is 374 g/mol. The highest BCUT2D eigenvalue weighted by atomic mass is 16.1. The number of nitrogens with zero attached hydrogens (tertiary/aromatic N) is 2. The number of aromatic nitrogens is 1. The van der Waals surface area contributed by atoms with Crippen LogP contribution < -0.4 is 11.1 Å². The van der Waals surface area contributed by atoms with Crippen LogP contribution in [0, 0.1) is 5.41 Å². The molecule has 0 aliphatic rings. The Hall–Kier alpha value is -3.21. The highest BCUT2D eigenvalue weighted by Crippen LogP contribution is 2.36. The summed E-state index contributed by atoms with van der Waals surface area (Å²) in [5, 5.41) is 3.26. The second-order valence-corrected chi connectivity index (χ2v) is 8.02. The zero-order chi connectivity index (χ0) is 20.3. The van der Waals surface area contributed by atoms with Gasteiger partial charge in [0.2, 0.25) is 6.41 Å². The fraction of sp³-hybridized carbons (Fsp3) is 0.261. The Kier molecular flexibility index (Phi) is 5.45. The van der Waals surface area contributed by atoms with Crippen molar-refractivity contribution in [3.8, 4) is 11.3 Å². The molecule has 1 amide bonds. The van der Waals surface area contributed by atoms with E-state index >= 15 is 0 Å². The Morgan fingerprint density at radius 2 is 1.89 bits per heavy atom. The number of nitrogens with one attached hydrogen (secondary N) is 1. The van der Waals surface area contributed by atoms with Crippen LogP contribution in [0.4, 0.5) is 5.69 Å². The molecule has 3 aromatic rings. The van der Waals surface area contributed by atoms with Gasteiger partial charge in [0.15, 0.2) is 5.96 Å². The maximum absolute atomic E-state index is 10.7. The van der Waals surface area contributed by atoms with Crippen LogP contribution in [-0.2, 0) is 4.79 Å². The fourth-order valence-corrected chi connectivity index (χ4v) is 3.09. The molecule has 0 radical (unpaired) electrons. The molecule has 0 saturated heterocycles. The lowest BCUT2D eigenvalue weighted by atomic mass is 9.77. The number of benzene rings is 2. The van der Waals surface area contributed by atoms with Crippen LogP contribution in [-0.4, -0.2) is 17.4 Å². The summed E-state index contributed by atoms with van der Waals surface area (Å²) < 4.78 is 0. The number of hydrogen-bond acceptors (Lipinski definition) is 3. The maximum Gasteiger partial charge on any atom is 0.213 e. The third-order valence-electron chi connectivity index (χ3n) is 5.12. The van der Waals surface area contributed by atoms with Gasteiger partial charge in [-0.15, -0.1) is 0 Å². The minimum absolute atomic E-state index is 0.0485. The van der Waals surface area contributed by atoms with Crippen LogP contribution in [0.1, 0.15) is 39.2 Å². The predicted molar refractivity (Wildman–Crippen MR) is 116 cm³/mol. The summed E-state index contributed by atoms with van der Waals surface area (Å²) in [5.41, 5.74) is 10.6. The summed E-state index contributed by atoms with van der Waals surface area (Å²) in [6.45, 7) is 8.98. The van der Waals surface area contributed by atoms with Crippen molar-refractivity contribution < 1.29 is 4.79 Å². The number of amides is 1. The van der Waals surface area contributed by atoms with Crippen molar-refractivity contribution in [3.05, 3.63) is 60.2 Å². The average molecular weight is 374 g/mol. The number of fused-ring (bicyclic) bond motifs is 1. The summed E-state index contributed by atoms with van der Waals surface area (Å²) in [7, 11) is 0. The molecule has 0 aliphatic heterocycles. The van der Waals surface area contributed by atoms with Crippen LogP contribution in [0.25, 0.3) is 22.2 Å². The summed E-state index contributed by atoms with van der Waals surface area (Å²) in [5.74, 6) is 0.449. The number of nitrogens with two attached hydrogens (primary N) is 1. The highest BCUT2D eigenvalue weighted by molar-refractivity contribution is 5.97. The molecule has 0 aliphatic carbocycles. The minimum Gasteiger partial charge on any atom is -0.369 e. The molecule has 3 N–H and O–H groups in total. The minimum atomic E-state index is 0.0485. The number of hydrogen-bond donors (Lipinski definition) is 2. The zero-order valence-corrected chi connectivity index (χ0v) is 16.7. The third kappa shape index (κ3) is 4.19. The molecule has 144 valence electrons. The first-order valence-electron chi connectivity index (χ1n) is 9.34. The Morgan fingerprint density at radius 3 is 2.61 bits per heavy atom. The molecule has 0 spiro atoms. The van der Waals surface area contributed by atoms with E-state index in [9.17, 15) is 4.79 Å². The second kappa shape index (κ2) is 7.80. The summed E-state index contributed by atoms with van der Waals surface area (Å²) in [6.07, 6.45) is 0.514. The van der Waals surface area contributed by atoms with Gasteiger partial charge in [-0.3, -0.25) is 10.1 Å². The van der Waals surface area contributed by atoms with E-state index in [4.69, 9.17) is 10.7 Å². The molecule has 5 nitrogen and oxygen atoms in total. The number of carbonyl (C=O) groups is 1. The molecule has 28 heavy (non-hydrogen) atoms. The van der Waals surface area contributed by atoms with Crippen molar-refractivity contribution in [2.75, 3.05) is 0 Å². The standard InChI is InChI=1S/C23H26N4O/c1-15(23(2,3)4)16-8-7-9-17(12-16)20-13-21(27-22(24)25-14-28)18-10-5-6-11-19(18)26-20/h5-15H,1-4H3,(H3,24,25,26,27,28). The van der Waals surface area contributed by atoms with E-state index in [-0.39, 0.29) is 11.4 Å². The van der Waals surface area contributed by atoms with E-state index in [1.54, 1.807) is 0 Å². The quantitative estimate of drug-likeness (QED) is 0.393. The number of guanidine groups is 1. The Bertz CT molecular complexity index is 1030. The smallest absolute Gasteiger partial charge is 0.213 e. The lowest BCUT2D eigenvalue weighted by Crippen LogP contribution is -2.29. The van der Waals surface area contributed by atoms with E-state index in [1.165, 1.54) is 5.56 Å². The van der Waals surface area contributed by atoms with E-state index in [1.807, 2.05) is 30.3 Å². The van der Waals surface area contributed by atoms with Crippen LogP contribution in [0.15, 0.2) is 59.6 Å². The number of rotatable bonds is 4. The summed E-state index contributed by atoms with van der Waals surface area (Å²) >= 11 is 0. The number of pyridine rings is 1. The van der Waals surface area contributed by atoms with Crippen molar-refractivity contribution >= 4 is 29.0 Å². The largest absolute Gasteiger partial charge is 0.369 e. The number of aliphatic imine (C=N–C) groups is 1. The van der Waals surface area contributed by atoms with Gasteiger partial charge in [-0.25, -0.2) is 9.98 Å². The predicted octanol–water partition coefficient (Wildman–Crippen LogP) is 4.74. The second-order valence-electron chi connectivity index (χ2n) is 8.02. The highest BCUT2D eigenvalue weighted by Gasteiger charge is 2.22. The normalized spacial score (nSPS) is 13.4. The molecular weight excluding hydrogens is 348 g/mol.